The first-order chi connectivity index (χ1) is 9.10. The summed E-state index contributed by atoms with van der Waals surface area (Å²) < 4.78 is 0. The Hall–Kier alpha value is -1.63. The molecule has 7 heteroatoms. The van der Waals surface area contributed by atoms with E-state index in [0.717, 1.165) is 25.7 Å². The molecule has 0 aromatic heterocycles. The fraction of sp³-hybridized carbons (Fsp3) is 0.750. The Labute approximate surface area is 112 Å². The van der Waals surface area contributed by atoms with Gasteiger partial charge in [-0.3, -0.25) is 19.8 Å². The lowest BCUT2D eigenvalue weighted by molar-refractivity contribution is -0.126. The number of carbonyl (C=O) groups is 3. The zero-order valence-electron chi connectivity index (χ0n) is 11.1. The number of imide groups is 1. The van der Waals surface area contributed by atoms with Crippen molar-refractivity contribution in [3.63, 3.8) is 0 Å². The van der Waals surface area contributed by atoms with Crippen LogP contribution in [0, 0.1) is 0 Å². The van der Waals surface area contributed by atoms with Gasteiger partial charge in [-0.1, -0.05) is 0 Å². The molecule has 1 aliphatic heterocycles. The van der Waals surface area contributed by atoms with Crippen molar-refractivity contribution in [1.29, 1.82) is 0 Å². The lowest BCUT2D eigenvalue weighted by Crippen LogP contribution is -2.49. The summed E-state index contributed by atoms with van der Waals surface area (Å²) >= 11 is 0. The van der Waals surface area contributed by atoms with Crippen molar-refractivity contribution in [1.82, 2.24) is 20.9 Å². The van der Waals surface area contributed by atoms with E-state index in [2.05, 4.69) is 16.0 Å². The summed E-state index contributed by atoms with van der Waals surface area (Å²) in [6.07, 6.45) is 3.60. The molecule has 1 atom stereocenters. The molecule has 2 rings (SSSR count). The number of amides is 4. The van der Waals surface area contributed by atoms with E-state index < -0.39 is 6.03 Å². The first kappa shape index (κ1) is 13.8. The molecule has 1 saturated heterocycles. The van der Waals surface area contributed by atoms with Gasteiger partial charge in [0, 0.05) is 13.1 Å². The van der Waals surface area contributed by atoms with Crippen molar-refractivity contribution >= 4 is 17.8 Å². The van der Waals surface area contributed by atoms with Gasteiger partial charge in [0.05, 0.1) is 12.6 Å². The third-order valence-electron chi connectivity index (χ3n) is 3.42. The minimum absolute atomic E-state index is 0.0762. The van der Waals surface area contributed by atoms with Gasteiger partial charge in [-0.25, -0.2) is 4.79 Å². The van der Waals surface area contributed by atoms with Gasteiger partial charge >= 0.3 is 6.03 Å². The van der Waals surface area contributed by atoms with E-state index in [-0.39, 0.29) is 30.4 Å². The second-order valence-electron chi connectivity index (χ2n) is 5.04. The second kappa shape index (κ2) is 6.01. The van der Waals surface area contributed by atoms with Crippen molar-refractivity contribution in [3.8, 4) is 0 Å². The van der Waals surface area contributed by atoms with Crippen LogP contribution in [0.4, 0.5) is 4.79 Å². The molecule has 1 aliphatic carbocycles. The van der Waals surface area contributed by atoms with E-state index in [0.29, 0.717) is 6.54 Å². The van der Waals surface area contributed by atoms with E-state index in [1.54, 1.807) is 11.9 Å². The Kier molecular flexibility index (Phi) is 4.36. The van der Waals surface area contributed by atoms with Gasteiger partial charge in [0.2, 0.25) is 11.8 Å². The Bertz CT molecular complexity index is 381. The van der Waals surface area contributed by atoms with Gasteiger partial charge in [-0.2, -0.15) is 0 Å². The van der Waals surface area contributed by atoms with E-state index >= 15 is 0 Å². The van der Waals surface area contributed by atoms with E-state index in [9.17, 15) is 14.4 Å². The molecular formula is C12H20N4O3. The molecule has 0 radical (unpaired) electrons. The average Bonchev–Trinajstić information content (AvgIpc) is 3.04. The first-order valence-corrected chi connectivity index (χ1v) is 6.66. The van der Waals surface area contributed by atoms with Crippen LogP contribution in [0.5, 0.6) is 0 Å². The van der Waals surface area contributed by atoms with Gasteiger partial charge in [-0.05, 0) is 32.2 Å². The van der Waals surface area contributed by atoms with Crippen LogP contribution in [-0.4, -0.2) is 55.0 Å². The van der Waals surface area contributed by atoms with E-state index in [4.69, 9.17) is 0 Å². The number of urea groups is 1. The molecule has 0 aromatic carbocycles. The first-order valence-electron chi connectivity index (χ1n) is 6.66. The molecule has 0 aromatic rings. The number of hydrogen-bond acceptors (Lipinski definition) is 4. The highest BCUT2D eigenvalue weighted by Gasteiger charge is 2.31. The number of hydrogen-bond donors (Lipinski definition) is 3. The molecule has 2 fully saturated rings. The number of carbonyl (C=O) groups excluding carboxylic acids is 3. The fourth-order valence-corrected chi connectivity index (χ4v) is 2.28. The second-order valence-corrected chi connectivity index (χ2v) is 5.04. The topological polar surface area (TPSA) is 90.5 Å². The number of nitrogens with one attached hydrogen (secondary N) is 3. The molecule has 0 bridgehead atoms. The van der Waals surface area contributed by atoms with Gasteiger partial charge in [0.1, 0.15) is 0 Å². The largest absolute Gasteiger partial charge is 0.358 e. The van der Waals surface area contributed by atoms with Crippen molar-refractivity contribution in [2.24, 2.45) is 0 Å². The quantitative estimate of drug-likeness (QED) is 0.621. The molecule has 1 heterocycles. The van der Waals surface area contributed by atoms with Crippen LogP contribution in [0.15, 0.2) is 0 Å². The lowest BCUT2D eigenvalue weighted by atomic mass is 10.2. The number of nitrogens with zero attached hydrogens (tertiary/aromatic N) is 1. The SMILES string of the molecule is CNC(=O)C1CCCN1CC(=O)NC(=O)NC1CC1. The monoisotopic (exact) mass is 268 g/mol. The molecule has 19 heavy (non-hydrogen) atoms. The van der Waals surface area contributed by atoms with E-state index in [1.807, 2.05) is 0 Å². The van der Waals surface area contributed by atoms with Crippen molar-refractivity contribution in [2.75, 3.05) is 20.1 Å². The van der Waals surface area contributed by atoms with Gasteiger partial charge in [0.25, 0.3) is 0 Å². The summed E-state index contributed by atoms with van der Waals surface area (Å²) in [4.78, 5) is 36.6. The Morgan fingerprint density at radius 2 is 1.95 bits per heavy atom. The summed E-state index contributed by atoms with van der Waals surface area (Å²) in [5.74, 6) is -0.443. The van der Waals surface area contributed by atoms with Crippen LogP contribution in [0.3, 0.4) is 0 Å². The molecule has 3 N–H and O–H groups in total. The van der Waals surface area contributed by atoms with Crippen LogP contribution in [-0.2, 0) is 9.59 Å². The fourth-order valence-electron chi connectivity index (χ4n) is 2.28. The standard InChI is InChI=1S/C12H20N4O3/c1-13-11(18)9-3-2-6-16(9)7-10(17)15-12(19)14-8-4-5-8/h8-9H,2-7H2,1H3,(H,13,18)(H2,14,15,17,19). The van der Waals surface area contributed by atoms with Crippen LogP contribution >= 0.6 is 0 Å². The highest BCUT2D eigenvalue weighted by molar-refractivity contribution is 5.95. The molecule has 7 nitrogen and oxygen atoms in total. The minimum atomic E-state index is -0.441. The maximum absolute atomic E-state index is 11.7. The summed E-state index contributed by atoms with van der Waals surface area (Å²) in [6.45, 7) is 0.784. The van der Waals surface area contributed by atoms with Crippen molar-refractivity contribution in [3.05, 3.63) is 0 Å². The molecular weight excluding hydrogens is 248 g/mol. The Morgan fingerprint density at radius 3 is 2.58 bits per heavy atom. The highest BCUT2D eigenvalue weighted by atomic mass is 16.2. The molecule has 1 saturated carbocycles. The summed E-state index contributed by atoms with van der Waals surface area (Å²) in [5.41, 5.74) is 0. The van der Waals surface area contributed by atoms with Crippen LogP contribution in [0.2, 0.25) is 0 Å². The third-order valence-corrected chi connectivity index (χ3v) is 3.42. The van der Waals surface area contributed by atoms with Crippen LogP contribution < -0.4 is 16.0 Å². The molecule has 106 valence electrons. The van der Waals surface area contributed by atoms with Gasteiger partial charge in [-0.15, -0.1) is 0 Å². The summed E-state index contributed by atoms with van der Waals surface area (Å²) in [5, 5.41) is 7.57. The maximum Gasteiger partial charge on any atom is 0.321 e. The molecule has 4 amide bonds. The van der Waals surface area contributed by atoms with Crippen LogP contribution in [0.25, 0.3) is 0 Å². The smallest absolute Gasteiger partial charge is 0.321 e. The van der Waals surface area contributed by atoms with Crippen molar-refractivity contribution < 1.29 is 14.4 Å². The zero-order valence-corrected chi connectivity index (χ0v) is 11.1. The number of likely N-dealkylation sites (N-methyl/N-ethyl adjacent to an activating group) is 1. The summed E-state index contributed by atoms with van der Waals surface area (Å²) in [7, 11) is 1.59. The highest BCUT2D eigenvalue weighted by Crippen LogP contribution is 2.18. The maximum atomic E-state index is 11.7. The predicted octanol–water partition coefficient (Wildman–Crippen LogP) is -0.815. The number of likely N-dealkylation sites (tertiary alicyclic amines) is 1. The van der Waals surface area contributed by atoms with Crippen LogP contribution in [0.1, 0.15) is 25.7 Å². The molecule has 2 aliphatic rings. The minimum Gasteiger partial charge on any atom is -0.358 e. The number of rotatable bonds is 4. The third kappa shape index (κ3) is 3.92. The van der Waals surface area contributed by atoms with Gasteiger partial charge < -0.3 is 10.6 Å². The molecule has 0 spiro atoms. The van der Waals surface area contributed by atoms with Crippen molar-refractivity contribution in [2.45, 2.75) is 37.8 Å². The normalized spacial score (nSPS) is 22.9. The van der Waals surface area contributed by atoms with E-state index in [1.165, 1.54) is 0 Å². The average molecular weight is 268 g/mol. The van der Waals surface area contributed by atoms with Gasteiger partial charge in [0.15, 0.2) is 0 Å². The Balaban J connectivity index is 1.77. The summed E-state index contributed by atoms with van der Waals surface area (Å²) in [6, 6.07) is -0.483. The molecule has 1 unspecified atom stereocenters. The lowest BCUT2D eigenvalue weighted by Gasteiger charge is -2.22. The zero-order chi connectivity index (χ0) is 13.8. The Morgan fingerprint density at radius 1 is 1.21 bits per heavy atom. The predicted molar refractivity (Wildman–Crippen MR) is 68.4 cm³/mol.